The highest BCUT2D eigenvalue weighted by molar-refractivity contribution is 7.99. The van der Waals surface area contributed by atoms with Crippen molar-refractivity contribution in [2.75, 3.05) is 5.75 Å². The van der Waals surface area contributed by atoms with E-state index in [-0.39, 0.29) is 5.16 Å². The summed E-state index contributed by atoms with van der Waals surface area (Å²) in [5.41, 5.74) is 0. The number of carbonyl (C=O) groups is 1. The third-order valence-corrected chi connectivity index (χ3v) is 3.36. The quantitative estimate of drug-likeness (QED) is 0.341. The fourth-order valence-electron chi connectivity index (χ4n) is 1.54. The Morgan fingerprint density at radius 1 is 1.20 bits per heavy atom. The second kappa shape index (κ2) is 7.29. The molecule has 2 aromatic heterocycles. The molecule has 0 unspecified atom stereocenters. The molecule has 25 heavy (non-hydrogen) atoms. The number of ether oxygens (including phenoxy) is 1. The second-order valence-electron chi connectivity index (χ2n) is 4.39. The third-order valence-electron chi connectivity index (χ3n) is 2.52. The molecule has 0 amide bonds. The van der Waals surface area contributed by atoms with Gasteiger partial charge in [-0.1, -0.05) is 11.8 Å². The Kier molecular flexibility index (Phi) is 5.55. The average Bonchev–Trinajstić information content (AvgIpc) is 3.03. The van der Waals surface area contributed by atoms with Crippen LogP contribution < -0.4 is 0 Å². The minimum Gasteiger partial charge on any atom is -0.442 e. The van der Waals surface area contributed by atoms with Crippen molar-refractivity contribution in [3.8, 4) is 5.82 Å². The van der Waals surface area contributed by atoms with Crippen molar-refractivity contribution in [1.29, 1.82) is 0 Å². The molecular weight excluding hydrogens is 378 g/mol. The van der Waals surface area contributed by atoms with E-state index in [0.717, 1.165) is 0 Å². The van der Waals surface area contributed by atoms with Crippen LogP contribution in [0, 0.1) is 0 Å². The summed E-state index contributed by atoms with van der Waals surface area (Å²) >= 11 is 0.531. The van der Waals surface area contributed by atoms with Crippen molar-refractivity contribution >= 4 is 17.7 Å². The molecule has 6 nitrogen and oxygen atoms in total. The van der Waals surface area contributed by atoms with Crippen LogP contribution in [0.5, 0.6) is 0 Å². The van der Waals surface area contributed by atoms with Crippen LogP contribution in [0.3, 0.4) is 0 Å². The Labute approximate surface area is 140 Å². The Bertz CT molecular complexity index is 705. The van der Waals surface area contributed by atoms with E-state index in [1.54, 1.807) is 12.3 Å². The summed E-state index contributed by atoms with van der Waals surface area (Å²) < 4.78 is 78.7. The van der Waals surface area contributed by atoms with Crippen molar-refractivity contribution in [3.05, 3.63) is 30.7 Å². The van der Waals surface area contributed by atoms with E-state index in [4.69, 9.17) is 0 Å². The molecule has 136 valence electrons. The maximum Gasteiger partial charge on any atom is 0.434 e. The second-order valence-corrected chi connectivity index (χ2v) is 5.33. The van der Waals surface area contributed by atoms with Crippen molar-refractivity contribution < 1.29 is 35.9 Å². The topological polar surface area (TPSA) is 69.9 Å². The molecule has 0 bridgehead atoms. The molecule has 0 aliphatic rings. The number of halogens is 6. The van der Waals surface area contributed by atoms with Crippen LogP contribution in [0.2, 0.25) is 0 Å². The summed E-state index contributed by atoms with van der Waals surface area (Å²) in [4.78, 5) is 19.0. The van der Waals surface area contributed by atoms with E-state index in [1.165, 1.54) is 23.1 Å². The number of alkyl halides is 6. The van der Waals surface area contributed by atoms with Gasteiger partial charge in [-0.05, 0) is 6.07 Å². The summed E-state index contributed by atoms with van der Waals surface area (Å²) in [5.74, 6) is -2.22. The molecule has 0 saturated heterocycles. The van der Waals surface area contributed by atoms with E-state index in [1.807, 2.05) is 0 Å². The first-order chi connectivity index (χ1) is 11.6. The largest absolute Gasteiger partial charge is 0.442 e. The Morgan fingerprint density at radius 3 is 2.44 bits per heavy atom. The highest BCUT2D eigenvalue weighted by atomic mass is 32.2. The van der Waals surface area contributed by atoms with Gasteiger partial charge in [0.05, 0.1) is 5.75 Å². The van der Waals surface area contributed by atoms with Crippen molar-refractivity contribution in [2.45, 2.75) is 23.6 Å². The lowest BCUT2D eigenvalue weighted by Crippen LogP contribution is -2.45. The van der Waals surface area contributed by atoms with Crippen molar-refractivity contribution in [1.82, 2.24) is 19.7 Å². The molecule has 2 heterocycles. The molecule has 0 atom stereocenters. The molecule has 0 N–H and O–H groups in total. The molecule has 0 radical (unpaired) electrons. The monoisotopic (exact) mass is 386 g/mol. The van der Waals surface area contributed by atoms with E-state index < -0.39 is 30.2 Å². The molecule has 0 aromatic carbocycles. The van der Waals surface area contributed by atoms with Crippen LogP contribution in [0.25, 0.3) is 5.82 Å². The van der Waals surface area contributed by atoms with Gasteiger partial charge in [-0.3, -0.25) is 4.79 Å². The highest BCUT2D eigenvalue weighted by Gasteiger charge is 2.59. The zero-order valence-electron chi connectivity index (χ0n) is 12.0. The summed E-state index contributed by atoms with van der Waals surface area (Å²) in [6.45, 7) is 0. The molecule has 0 aliphatic carbocycles. The lowest BCUT2D eigenvalue weighted by atomic mass is 10.3. The number of rotatable bonds is 5. The third kappa shape index (κ3) is 5.34. The number of carbonyl (C=O) groups excluding carboxylic acids is 1. The molecule has 2 aromatic rings. The maximum atomic E-state index is 12.3. The molecule has 13 heteroatoms. The number of hydrogen-bond donors (Lipinski definition) is 0. The standard InChI is InChI=1S/C12H8F6N4O2S/c13-11(14,15)9(12(16,17)18)24-8(23)6-25-10-19-4-2-7(21-10)22-5-1-3-20-22/h1-5,9H,6H2. The first-order valence-electron chi connectivity index (χ1n) is 6.36. The fourth-order valence-corrected chi connectivity index (χ4v) is 2.15. The first kappa shape index (κ1) is 19.0. The zero-order valence-corrected chi connectivity index (χ0v) is 12.8. The average molecular weight is 386 g/mol. The van der Waals surface area contributed by atoms with Gasteiger partial charge in [-0.25, -0.2) is 14.6 Å². The van der Waals surface area contributed by atoms with Gasteiger partial charge in [0.2, 0.25) is 0 Å². The molecule has 0 spiro atoms. The molecule has 2 rings (SSSR count). The minimum absolute atomic E-state index is 0.0412. The molecule has 0 fully saturated rings. The SMILES string of the molecule is O=C(CSc1nccc(-n2cccn2)n1)OC(C(F)(F)F)C(F)(F)F. The first-order valence-corrected chi connectivity index (χ1v) is 7.34. The fraction of sp³-hybridized carbons (Fsp3) is 0.333. The summed E-state index contributed by atoms with van der Waals surface area (Å²) in [5, 5.41) is 3.85. The van der Waals surface area contributed by atoms with E-state index in [0.29, 0.717) is 17.6 Å². The van der Waals surface area contributed by atoms with Crippen LogP contribution in [0.1, 0.15) is 0 Å². The number of esters is 1. The minimum atomic E-state index is -5.75. The van der Waals surface area contributed by atoms with E-state index in [2.05, 4.69) is 19.8 Å². The molecular formula is C12H8F6N4O2S. The van der Waals surface area contributed by atoms with Crippen LogP contribution in [-0.2, 0) is 9.53 Å². The molecule has 0 aliphatic heterocycles. The zero-order chi connectivity index (χ0) is 18.7. The van der Waals surface area contributed by atoms with Gasteiger partial charge in [-0.15, -0.1) is 0 Å². The number of nitrogens with zero attached hydrogens (tertiary/aromatic N) is 4. The highest BCUT2D eigenvalue weighted by Crippen LogP contribution is 2.36. The van der Waals surface area contributed by atoms with Crippen LogP contribution in [-0.4, -0.2) is 49.9 Å². The summed E-state index contributed by atoms with van der Waals surface area (Å²) in [7, 11) is 0. The smallest absolute Gasteiger partial charge is 0.434 e. The van der Waals surface area contributed by atoms with Gasteiger partial charge in [0.15, 0.2) is 11.0 Å². The lowest BCUT2D eigenvalue weighted by molar-refractivity contribution is -0.312. The predicted octanol–water partition coefficient (Wildman–Crippen LogP) is 2.79. The van der Waals surface area contributed by atoms with Gasteiger partial charge in [0.1, 0.15) is 0 Å². The number of thioether (sulfide) groups is 1. The van der Waals surface area contributed by atoms with Gasteiger partial charge >= 0.3 is 18.3 Å². The van der Waals surface area contributed by atoms with Gasteiger partial charge in [0.25, 0.3) is 6.10 Å². The van der Waals surface area contributed by atoms with Crippen molar-refractivity contribution in [3.63, 3.8) is 0 Å². The lowest BCUT2D eigenvalue weighted by Gasteiger charge is -2.22. The Hall–Kier alpha value is -2.31. The normalized spacial score (nSPS) is 12.4. The van der Waals surface area contributed by atoms with Crippen LogP contribution in [0.4, 0.5) is 26.3 Å². The maximum absolute atomic E-state index is 12.3. The van der Waals surface area contributed by atoms with Gasteiger partial charge in [-0.2, -0.15) is 31.4 Å². The van der Waals surface area contributed by atoms with Gasteiger partial charge < -0.3 is 4.74 Å². The molecule has 0 saturated carbocycles. The summed E-state index contributed by atoms with van der Waals surface area (Å²) in [6.07, 6.45) is -11.4. The summed E-state index contributed by atoms with van der Waals surface area (Å²) in [6, 6.07) is 3.08. The predicted molar refractivity (Wildman–Crippen MR) is 71.9 cm³/mol. The number of aromatic nitrogens is 4. The van der Waals surface area contributed by atoms with Crippen molar-refractivity contribution in [2.24, 2.45) is 0 Å². The van der Waals surface area contributed by atoms with Crippen LogP contribution in [0.15, 0.2) is 35.9 Å². The number of hydrogen-bond acceptors (Lipinski definition) is 6. The van der Waals surface area contributed by atoms with Crippen LogP contribution >= 0.6 is 11.8 Å². The Balaban J connectivity index is 1.99. The van der Waals surface area contributed by atoms with E-state index >= 15 is 0 Å². The Morgan fingerprint density at radius 2 is 1.88 bits per heavy atom. The van der Waals surface area contributed by atoms with E-state index in [9.17, 15) is 31.1 Å². The van der Waals surface area contributed by atoms with Gasteiger partial charge in [0, 0.05) is 24.7 Å².